The normalized spacial score (nSPS) is 16.0. The molecule has 1 saturated heterocycles. The molecule has 6 nitrogen and oxygen atoms in total. The highest BCUT2D eigenvalue weighted by molar-refractivity contribution is 7.90. The molecule has 1 fully saturated rings. The second kappa shape index (κ2) is 11.2. The lowest BCUT2D eigenvalue weighted by atomic mass is 9.99. The number of nitrogens with zero attached hydrogens (tertiary/aromatic N) is 1. The van der Waals surface area contributed by atoms with Crippen molar-refractivity contribution in [1.29, 1.82) is 0 Å². The van der Waals surface area contributed by atoms with Gasteiger partial charge in [0.2, 0.25) is 0 Å². The number of phenols is 1. The minimum Gasteiger partial charge on any atom is -0.505 e. The highest BCUT2D eigenvalue weighted by Crippen LogP contribution is 2.42. The van der Waals surface area contributed by atoms with Crippen molar-refractivity contribution in [3.63, 3.8) is 0 Å². The smallest absolute Gasteiger partial charge is 0.175 e. The Balaban J connectivity index is 1.39. The zero-order valence-corrected chi connectivity index (χ0v) is 22.3. The first-order valence-electron chi connectivity index (χ1n) is 12.7. The quantitative estimate of drug-likeness (QED) is 0.265. The SMILES string of the molecule is CS(=O)(=O)c1ccc(-c2ccc3c(F)c(O)ccc3c2Oc2ccc(OCCN3CCC(CF)C3)cc2)cc1. The summed E-state index contributed by atoms with van der Waals surface area (Å²) in [6, 6.07) is 19.5. The Kier molecular flexibility index (Phi) is 7.72. The van der Waals surface area contributed by atoms with E-state index in [4.69, 9.17) is 9.47 Å². The van der Waals surface area contributed by atoms with Crippen LogP contribution >= 0.6 is 0 Å². The number of rotatable bonds is 9. The summed E-state index contributed by atoms with van der Waals surface area (Å²) in [6.45, 7) is 2.57. The van der Waals surface area contributed by atoms with Crippen molar-refractivity contribution in [3.05, 3.63) is 78.6 Å². The number of sulfone groups is 1. The van der Waals surface area contributed by atoms with Gasteiger partial charge in [0.05, 0.1) is 11.6 Å². The molecule has 0 saturated carbocycles. The third-order valence-electron chi connectivity index (χ3n) is 6.97. The first kappa shape index (κ1) is 26.9. The lowest BCUT2D eigenvalue weighted by molar-refractivity contribution is 0.228. The van der Waals surface area contributed by atoms with E-state index < -0.39 is 21.4 Å². The molecule has 204 valence electrons. The summed E-state index contributed by atoms with van der Waals surface area (Å²) in [5.74, 6) is 0.418. The van der Waals surface area contributed by atoms with Crippen LogP contribution in [0, 0.1) is 11.7 Å². The minimum absolute atomic E-state index is 0.121. The molecule has 0 amide bonds. The second-order valence-electron chi connectivity index (χ2n) is 9.76. The van der Waals surface area contributed by atoms with E-state index in [1.165, 1.54) is 18.2 Å². The van der Waals surface area contributed by atoms with Gasteiger partial charge < -0.3 is 14.6 Å². The van der Waals surface area contributed by atoms with Gasteiger partial charge in [0.15, 0.2) is 21.4 Å². The van der Waals surface area contributed by atoms with E-state index in [-0.39, 0.29) is 22.9 Å². The fourth-order valence-corrected chi connectivity index (χ4v) is 5.44. The van der Waals surface area contributed by atoms with Crippen molar-refractivity contribution >= 4 is 20.6 Å². The third-order valence-corrected chi connectivity index (χ3v) is 8.10. The summed E-state index contributed by atoms with van der Waals surface area (Å²) < 4.78 is 63.5. The Bertz CT molecular complexity index is 1570. The Morgan fingerprint density at radius 2 is 1.64 bits per heavy atom. The number of aromatic hydroxyl groups is 1. The summed E-state index contributed by atoms with van der Waals surface area (Å²) in [7, 11) is -3.36. The number of benzene rings is 4. The predicted octanol–water partition coefficient (Wildman–Crippen LogP) is 6.22. The molecule has 0 radical (unpaired) electrons. The standard InChI is InChI=1S/C30H29F2NO5S/c1-39(35,36)24-8-2-21(3-9-24)25-10-11-26-27(12-13-28(34)29(26)32)30(25)38-23-6-4-22(5-7-23)37-17-16-33-15-14-20(18-31)19-33/h2-13,20,34H,14-19H2,1H3. The minimum atomic E-state index is -3.36. The van der Waals surface area contributed by atoms with E-state index in [9.17, 15) is 22.3 Å². The molecule has 9 heteroatoms. The summed E-state index contributed by atoms with van der Waals surface area (Å²) in [5.41, 5.74) is 1.31. The molecule has 1 unspecified atom stereocenters. The van der Waals surface area contributed by atoms with Crippen LogP contribution in [0.5, 0.6) is 23.0 Å². The van der Waals surface area contributed by atoms with Crippen LogP contribution in [0.3, 0.4) is 0 Å². The molecule has 5 rings (SSSR count). The van der Waals surface area contributed by atoms with E-state index in [1.54, 1.807) is 54.6 Å². The Morgan fingerprint density at radius 3 is 2.31 bits per heavy atom. The molecule has 39 heavy (non-hydrogen) atoms. The van der Waals surface area contributed by atoms with Crippen LogP contribution in [0.15, 0.2) is 77.7 Å². The van der Waals surface area contributed by atoms with Crippen molar-refractivity contribution in [2.75, 3.05) is 39.2 Å². The van der Waals surface area contributed by atoms with Crippen molar-refractivity contribution in [2.24, 2.45) is 5.92 Å². The molecular weight excluding hydrogens is 524 g/mol. The van der Waals surface area contributed by atoms with E-state index in [2.05, 4.69) is 4.90 Å². The Hall–Kier alpha value is -3.69. The zero-order chi connectivity index (χ0) is 27.6. The maximum atomic E-state index is 14.7. The highest BCUT2D eigenvalue weighted by atomic mass is 32.2. The number of ether oxygens (including phenoxy) is 2. The maximum absolute atomic E-state index is 14.7. The van der Waals surface area contributed by atoms with E-state index in [0.717, 1.165) is 32.3 Å². The second-order valence-corrected chi connectivity index (χ2v) is 11.8. The number of hydrogen-bond acceptors (Lipinski definition) is 6. The Morgan fingerprint density at radius 1 is 0.949 bits per heavy atom. The molecule has 1 aliphatic heterocycles. The van der Waals surface area contributed by atoms with Gasteiger partial charge in [-0.25, -0.2) is 12.8 Å². The number of halogens is 2. The van der Waals surface area contributed by atoms with Gasteiger partial charge in [-0.1, -0.05) is 18.2 Å². The average Bonchev–Trinajstić information content (AvgIpc) is 3.39. The fourth-order valence-electron chi connectivity index (χ4n) is 4.81. The number of likely N-dealkylation sites (tertiary alicyclic amines) is 1. The van der Waals surface area contributed by atoms with E-state index in [1.807, 2.05) is 0 Å². The maximum Gasteiger partial charge on any atom is 0.175 e. The molecule has 4 aromatic rings. The first-order valence-corrected chi connectivity index (χ1v) is 14.6. The monoisotopic (exact) mass is 553 g/mol. The topological polar surface area (TPSA) is 76.1 Å². The van der Waals surface area contributed by atoms with Crippen LogP contribution in [-0.2, 0) is 9.84 Å². The van der Waals surface area contributed by atoms with Gasteiger partial charge in [-0.3, -0.25) is 9.29 Å². The van der Waals surface area contributed by atoms with Crippen molar-refractivity contribution < 1.29 is 31.8 Å². The van der Waals surface area contributed by atoms with Crippen LogP contribution in [0.4, 0.5) is 8.78 Å². The summed E-state index contributed by atoms with van der Waals surface area (Å²) in [5, 5.41) is 10.5. The van der Waals surface area contributed by atoms with Gasteiger partial charge in [0.25, 0.3) is 0 Å². The van der Waals surface area contributed by atoms with Crippen molar-refractivity contribution in [1.82, 2.24) is 4.90 Å². The molecule has 0 aromatic heterocycles. The number of phenolic OH excluding ortho intramolecular Hbond substituents is 1. The molecular formula is C30H29F2NO5S. The molecule has 0 spiro atoms. The molecule has 4 aromatic carbocycles. The largest absolute Gasteiger partial charge is 0.505 e. The zero-order valence-electron chi connectivity index (χ0n) is 21.4. The van der Waals surface area contributed by atoms with Gasteiger partial charge in [-0.15, -0.1) is 0 Å². The molecule has 1 aliphatic rings. The van der Waals surface area contributed by atoms with Crippen LogP contribution in [-0.4, -0.2) is 57.6 Å². The van der Waals surface area contributed by atoms with E-state index >= 15 is 0 Å². The van der Waals surface area contributed by atoms with Crippen LogP contribution < -0.4 is 9.47 Å². The van der Waals surface area contributed by atoms with Crippen molar-refractivity contribution in [2.45, 2.75) is 11.3 Å². The summed E-state index contributed by atoms with van der Waals surface area (Å²) in [4.78, 5) is 2.39. The van der Waals surface area contributed by atoms with Gasteiger partial charge in [-0.05, 0) is 73.1 Å². The van der Waals surface area contributed by atoms with Crippen LogP contribution in [0.25, 0.3) is 21.9 Å². The van der Waals surface area contributed by atoms with Crippen LogP contribution in [0.1, 0.15) is 6.42 Å². The van der Waals surface area contributed by atoms with E-state index in [0.29, 0.717) is 40.4 Å². The van der Waals surface area contributed by atoms with Crippen LogP contribution in [0.2, 0.25) is 0 Å². The first-order chi connectivity index (χ1) is 18.7. The molecule has 0 aliphatic carbocycles. The lowest BCUT2D eigenvalue weighted by Gasteiger charge is -2.17. The summed E-state index contributed by atoms with van der Waals surface area (Å²) in [6.07, 6.45) is 2.02. The number of hydrogen-bond donors (Lipinski definition) is 1. The number of fused-ring (bicyclic) bond motifs is 1. The molecule has 0 bridgehead atoms. The summed E-state index contributed by atoms with van der Waals surface area (Å²) >= 11 is 0. The van der Waals surface area contributed by atoms with Gasteiger partial charge in [0, 0.05) is 41.6 Å². The molecule has 1 N–H and O–H groups in total. The molecule has 1 atom stereocenters. The van der Waals surface area contributed by atoms with Gasteiger partial charge >= 0.3 is 0 Å². The lowest BCUT2D eigenvalue weighted by Crippen LogP contribution is -2.26. The Labute approximate surface area is 226 Å². The van der Waals surface area contributed by atoms with Gasteiger partial charge in [-0.2, -0.15) is 0 Å². The highest BCUT2D eigenvalue weighted by Gasteiger charge is 2.22. The fraction of sp³-hybridized carbons (Fsp3) is 0.267. The third kappa shape index (κ3) is 5.99. The van der Waals surface area contributed by atoms with Crippen molar-refractivity contribution in [3.8, 4) is 34.1 Å². The van der Waals surface area contributed by atoms with Gasteiger partial charge in [0.1, 0.15) is 23.9 Å². The average molecular weight is 554 g/mol. The predicted molar refractivity (Wildman–Crippen MR) is 147 cm³/mol. The number of alkyl halides is 1. The molecule has 1 heterocycles.